The molecule has 0 unspecified atom stereocenters. The van der Waals surface area contributed by atoms with Crippen molar-refractivity contribution in [2.45, 2.75) is 77.7 Å². The molecule has 1 nitrogen and oxygen atoms in total. The Bertz CT molecular complexity index is 900. The molecule has 0 fully saturated rings. The molecule has 0 saturated heterocycles. The Balaban J connectivity index is 1.65. The van der Waals surface area contributed by atoms with E-state index in [-0.39, 0.29) is 0 Å². The predicted molar refractivity (Wildman–Crippen MR) is 152 cm³/mol. The van der Waals surface area contributed by atoms with E-state index in [1.807, 2.05) is 0 Å². The van der Waals surface area contributed by atoms with Crippen molar-refractivity contribution >= 4 is 98.8 Å². The van der Waals surface area contributed by atoms with Gasteiger partial charge in [-0.1, -0.05) is 64.7 Å². The van der Waals surface area contributed by atoms with Gasteiger partial charge in [0.1, 0.15) is 0 Å². The molecule has 0 N–H and O–H groups in total. The number of benzene rings is 2. The number of aromatic nitrogens is 1. The maximum atomic E-state index is 3.74. The van der Waals surface area contributed by atoms with Gasteiger partial charge < -0.3 is 4.57 Å². The van der Waals surface area contributed by atoms with Crippen LogP contribution in [0.3, 0.4) is 0 Å². The van der Waals surface area contributed by atoms with E-state index in [4.69, 9.17) is 0 Å². The van der Waals surface area contributed by atoms with Gasteiger partial charge in [0, 0.05) is 33.4 Å². The van der Waals surface area contributed by atoms with E-state index in [1.165, 1.54) is 102 Å². The second-order valence-electron chi connectivity index (χ2n) is 7.90. The molecule has 3 rings (SSSR count). The summed E-state index contributed by atoms with van der Waals surface area (Å²) in [7, 11) is 0. The summed E-state index contributed by atoms with van der Waals surface area (Å²) in [5, 5.41) is 2.73. The molecular formula is C24H29Br2I2N. The number of halogens is 4. The van der Waals surface area contributed by atoms with E-state index in [1.54, 1.807) is 0 Å². The topological polar surface area (TPSA) is 4.93 Å². The largest absolute Gasteiger partial charge is 0.340 e. The highest BCUT2D eigenvalue weighted by Crippen LogP contribution is 2.37. The first kappa shape index (κ1) is 24.3. The van der Waals surface area contributed by atoms with Gasteiger partial charge in [-0.2, -0.15) is 0 Å². The molecule has 0 atom stereocenters. The molecule has 3 aromatic rings. The first-order valence-electron chi connectivity index (χ1n) is 10.8. The standard InChI is InChI=1S/C24H29Br2I2N/c1-2-3-4-5-6-7-8-9-10-11-12-29-23-15-19(25)21(27)13-17(23)18-14-22(28)20(26)16-24(18)29/h13-16H,2-12H2,1H3. The normalized spacial score (nSPS) is 11.8. The molecule has 0 bridgehead atoms. The number of unbranched alkanes of at least 4 members (excludes halogenated alkanes) is 9. The Morgan fingerprint density at radius 2 is 1.07 bits per heavy atom. The van der Waals surface area contributed by atoms with Crippen LogP contribution in [-0.2, 0) is 6.54 Å². The van der Waals surface area contributed by atoms with E-state index < -0.39 is 0 Å². The van der Waals surface area contributed by atoms with Gasteiger partial charge in [-0.25, -0.2) is 0 Å². The van der Waals surface area contributed by atoms with Crippen LogP contribution in [0, 0.1) is 7.14 Å². The summed E-state index contributed by atoms with van der Waals surface area (Å²) in [4.78, 5) is 0. The second-order valence-corrected chi connectivity index (χ2v) is 11.9. The minimum Gasteiger partial charge on any atom is -0.340 e. The lowest BCUT2D eigenvalue weighted by molar-refractivity contribution is 0.541. The van der Waals surface area contributed by atoms with Crippen LogP contribution in [0.5, 0.6) is 0 Å². The predicted octanol–water partition coefficient (Wildman–Crippen LogP) is 10.4. The minimum atomic E-state index is 1.09. The van der Waals surface area contributed by atoms with Crippen molar-refractivity contribution in [2.24, 2.45) is 0 Å². The van der Waals surface area contributed by atoms with Gasteiger partial charge in [0.25, 0.3) is 0 Å². The van der Waals surface area contributed by atoms with Gasteiger partial charge in [-0.05, 0) is 108 Å². The van der Waals surface area contributed by atoms with Crippen LogP contribution in [0.25, 0.3) is 21.8 Å². The molecule has 0 aliphatic rings. The fraction of sp³-hybridized carbons (Fsp3) is 0.500. The fourth-order valence-corrected chi connectivity index (χ4v) is 5.68. The lowest BCUT2D eigenvalue weighted by atomic mass is 10.1. The third-order valence-electron chi connectivity index (χ3n) is 5.68. The Hall–Kier alpha value is 0.660. The maximum absolute atomic E-state index is 3.74. The fourth-order valence-electron chi connectivity index (χ4n) is 4.08. The van der Waals surface area contributed by atoms with Gasteiger partial charge >= 0.3 is 0 Å². The van der Waals surface area contributed by atoms with Crippen LogP contribution in [0.4, 0.5) is 0 Å². The number of aryl methyl sites for hydroxylation is 1. The van der Waals surface area contributed by atoms with Crippen molar-refractivity contribution in [3.8, 4) is 0 Å². The summed E-state index contributed by atoms with van der Waals surface area (Å²) in [6.07, 6.45) is 13.8. The first-order valence-corrected chi connectivity index (χ1v) is 14.5. The maximum Gasteiger partial charge on any atom is 0.0503 e. The first-order chi connectivity index (χ1) is 14.0. The Kier molecular flexibility index (Phi) is 10.1. The second kappa shape index (κ2) is 12.0. The van der Waals surface area contributed by atoms with Gasteiger partial charge in [0.2, 0.25) is 0 Å². The third-order valence-corrected chi connectivity index (χ3v) is 10.3. The van der Waals surface area contributed by atoms with E-state index >= 15 is 0 Å². The number of hydrogen-bond acceptors (Lipinski definition) is 0. The summed E-state index contributed by atoms with van der Waals surface area (Å²) in [5.41, 5.74) is 2.69. The van der Waals surface area contributed by atoms with Gasteiger partial charge in [-0.15, -0.1) is 0 Å². The highest BCUT2D eigenvalue weighted by Gasteiger charge is 2.14. The smallest absolute Gasteiger partial charge is 0.0503 e. The highest BCUT2D eigenvalue weighted by atomic mass is 127. The Labute approximate surface area is 219 Å². The zero-order chi connectivity index (χ0) is 20.8. The quantitative estimate of drug-likeness (QED) is 0.136. The van der Waals surface area contributed by atoms with Crippen molar-refractivity contribution < 1.29 is 0 Å². The molecule has 158 valence electrons. The molecule has 2 aromatic carbocycles. The summed E-state index contributed by atoms with van der Waals surface area (Å²) in [6.45, 7) is 3.38. The SMILES string of the molecule is CCCCCCCCCCCCn1c2cc(Br)c(I)cc2c2cc(I)c(Br)cc21. The highest BCUT2D eigenvalue weighted by molar-refractivity contribution is 14.1. The molecule has 0 spiro atoms. The van der Waals surface area contributed by atoms with Crippen molar-refractivity contribution in [2.75, 3.05) is 0 Å². The number of hydrogen-bond donors (Lipinski definition) is 0. The molecule has 1 heterocycles. The van der Waals surface area contributed by atoms with E-state index in [9.17, 15) is 0 Å². The minimum absolute atomic E-state index is 1.09. The zero-order valence-electron chi connectivity index (χ0n) is 17.0. The number of nitrogens with zero attached hydrogens (tertiary/aromatic N) is 1. The lowest BCUT2D eigenvalue weighted by Crippen LogP contribution is -1.98. The van der Waals surface area contributed by atoms with E-state index in [2.05, 4.69) is 113 Å². The molecule has 29 heavy (non-hydrogen) atoms. The molecule has 0 aliphatic carbocycles. The average molecular weight is 745 g/mol. The van der Waals surface area contributed by atoms with Crippen LogP contribution >= 0.6 is 77.0 Å². The average Bonchev–Trinajstić information content (AvgIpc) is 2.96. The summed E-state index contributed by atoms with van der Waals surface area (Å²) >= 11 is 12.3. The Morgan fingerprint density at radius 1 is 0.655 bits per heavy atom. The van der Waals surface area contributed by atoms with Crippen LogP contribution < -0.4 is 0 Å². The van der Waals surface area contributed by atoms with Gasteiger partial charge in [0.05, 0.1) is 11.0 Å². The molecular weight excluding hydrogens is 716 g/mol. The monoisotopic (exact) mass is 743 g/mol. The van der Waals surface area contributed by atoms with Gasteiger partial charge in [0.15, 0.2) is 0 Å². The van der Waals surface area contributed by atoms with Crippen LogP contribution in [-0.4, -0.2) is 4.57 Å². The third kappa shape index (κ3) is 6.35. The zero-order valence-corrected chi connectivity index (χ0v) is 24.5. The lowest BCUT2D eigenvalue weighted by Gasteiger charge is -2.09. The number of fused-ring (bicyclic) bond motifs is 3. The van der Waals surface area contributed by atoms with Crippen molar-refractivity contribution in [1.29, 1.82) is 0 Å². The molecule has 0 radical (unpaired) electrons. The number of rotatable bonds is 11. The van der Waals surface area contributed by atoms with Gasteiger partial charge in [-0.3, -0.25) is 0 Å². The van der Waals surface area contributed by atoms with E-state index in [0.717, 1.165) is 6.54 Å². The molecule has 0 saturated carbocycles. The Morgan fingerprint density at radius 3 is 1.52 bits per heavy atom. The van der Waals surface area contributed by atoms with Crippen LogP contribution in [0.1, 0.15) is 71.1 Å². The van der Waals surface area contributed by atoms with Crippen molar-refractivity contribution in [3.05, 3.63) is 40.4 Å². The molecule has 0 aliphatic heterocycles. The molecule has 5 heteroatoms. The van der Waals surface area contributed by atoms with Crippen LogP contribution in [0.15, 0.2) is 33.2 Å². The van der Waals surface area contributed by atoms with Crippen molar-refractivity contribution in [3.63, 3.8) is 0 Å². The summed E-state index contributed by atoms with van der Waals surface area (Å²) in [5.74, 6) is 0. The van der Waals surface area contributed by atoms with E-state index in [0.29, 0.717) is 0 Å². The molecule has 0 amide bonds. The summed E-state index contributed by atoms with van der Waals surface area (Å²) in [6, 6.07) is 9.24. The molecule has 1 aromatic heterocycles. The van der Waals surface area contributed by atoms with Crippen LogP contribution in [0.2, 0.25) is 0 Å². The van der Waals surface area contributed by atoms with Crippen molar-refractivity contribution in [1.82, 2.24) is 4.57 Å². The summed E-state index contributed by atoms with van der Waals surface area (Å²) < 4.78 is 7.44.